The molecule has 10 heteroatoms. The number of allylic oxidation sites excluding steroid dienone is 4. The van der Waals surface area contributed by atoms with Crippen LogP contribution in [0, 0.1) is 0 Å². The summed E-state index contributed by atoms with van der Waals surface area (Å²) in [5, 5.41) is 40.1. The van der Waals surface area contributed by atoms with Crippen LogP contribution >= 0.6 is 0 Å². The molecule has 6 atom stereocenters. The fourth-order valence-corrected chi connectivity index (χ4v) is 7.64. The van der Waals surface area contributed by atoms with Crippen molar-refractivity contribution in [3.63, 3.8) is 0 Å². The van der Waals surface area contributed by atoms with Gasteiger partial charge in [-0.1, -0.05) is 199 Å². The van der Waals surface area contributed by atoms with Crippen molar-refractivity contribution >= 4 is 11.9 Å². The van der Waals surface area contributed by atoms with Gasteiger partial charge in [0.25, 0.3) is 0 Å². The van der Waals surface area contributed by atoms with Crippen LogP contribution in [0.1, 0.15) is 226 Å². The normalized spacial score (nSPS) is 20.0. The van der Waals surface area contributed by atoms with Gasteiger partial charge in [-0.15, -0.1) is 0 Å². The van der Waals surface area contributed by atoms with E-state index in [1.54, 1.807) is 0 Å². The minimum absolute atomic E-state index is 0.169. The van der Waals surface area contributed by atoms with Crippen LogP contribution < -0.4 is 0 Å². The zero-order valence-corrected chi connectivity index (χ0v) is 38.5. The standard InChI is InChI=1S/C50H92O10/c1-3-5-7-9-11-13-15-17-19-21-23-24-26-28-30-32-34-36-38-45(52)57-41-43(42-58-50-49(56)48(55)47(54)44(40-51)60-50)59-46(53)39-37-35-33-31-29-27-25-22-20-18-16-14-12-10-8-6-4-2/h25,27,31,33,43-44,47-51,54-56H,3-24,26,28-30,32,34-42H2,1-2H3/b27-25+,33-31+/t43-,44-,47+,48?,49?,50-/m0/s1. The molecular formula is C50H92O10. The van der Waals surface area contributed by atoms with Crippen molar-refractivity contribution in [1.82, 2.24) is 0 Å². The Labute approximate surface area is 366 Å². The van der Waals surface area contributed by atoms with E-state index in [9.17, 15) is 30.0 Å². The second kappa shape index (κ2) is 41.2. The molecular weight excluding hydrogens is 761 g/mol. The van der Waals surface area contributed by atoms with Crippen molar-refractivity contribution in [1.29, 1.82) is 0 Å². The first-order valence-electron chi connectivity index (χ1n) is 24.9. The van der Waals surface area contributed by atoms with Gasteiger partial charge in [-0.3, -0.25) is 9.59 Å². The van der Waals surface area contributed by atoms with Crippen LogP contribution in [-0.2, 0) is 28.5 Å². The zero-order valence-electron chi connectivity index (χ0n) is 38.5. The van der Waals surface area contributed by atoms with E-state index in [0.29, 0.717) is 6.42 Å². The summed E-state index contributed by atoms with van der Waals surface area (Å²) in [6, 6.07) is 0. The molecule has 0 aromatic heterocycles. The monoisotopic (exact) mass is 853 g/mol. The van der Waals surface area contributed by atoms with Crippen LogP contribution in [0.25, 0.3) is 0 Å². The molecule has 4 N–H and O–H groups in total. The number of hydrogen-bond donors (Lipinski definition) is 4. The fraction of sp³-hybridized carbons (Fsp3) is 0.880. The highest BCUT2D eigenvalue weighted by Crippen LogP contribution is 2.23. The molecule has 1 aliphatic rings. The highest BCUT2D eigenvalue weighted by atomic mass is 16.7. The maximum absolute atomic E-state index is 12.8. The number of esters is 2. The Bertz CT molecular complexity index is 1030. The fourth-order valence-electron chi connectivity index (χ4n) is 7.64. The van der Waals surface area contributed by atoms with Crippen LogP contribution in [0.4, 0.5) is 0 Å². The molecule has 0 bridgehead atoms. The Balaban J connectivity index is 2.30. The van der Waals surface area contributed by atoms with Gasteiger partial charge in [0.1, 0.15) is 31.0 Å². The van der Waals surface area contributed by atoms with Gasteiger partial charge in [0.15, 0.2) is 12.4 Å². The van der Waals surface area contributed by atoms with Crippen LogP contribution in [0.15, 0.2) is 24.3 Å². The summed E-state index contributed by atoms with van der Waals surface area (Å²) in [4.78, 5) is 25.4. The van der Waals surface area contributed by atoms with E-state index in [1.807, 2.05) is 0 Å². The van der Waals surface area contributed by atoms with Crippen LogP contribution in [0.5, 0.6) is 0 Å². The third-order valence-corrected chi connectivity index (χ3v) is 11.6. The molecule has 0 aromatic rings. The van der Waals surface area contributed by atoms with Crippen LogP contribution in [0.3, 0.4) is 0 Å². The lowest BCUT2D eigenvalue weighted by atomic mass is 9.99. The Morgan fingerprint density at radius 2 is 0.950 bits per heavy atom. The molecule has 0 amide bonds. The first-order chi connectivity index (χ1) is 29.3. The maximum Gasteiger partial charge on any atom is 0.306 e. The molecule has 0 radical (unpaired) electrons. The molecule has 1 rings (SSSR count). The van der Waals surface area contributed by atoms with Crippen molar-refractivity contribution in [2.24, 2.45) is 0 Å². The summed E-state index contributed by atoms with van der Waals surface area (Å²) in [5.41, 5.74) is 0. The molecule has 0 spiro atoms. The third kappa shape index (κ3) is 31.9. The lowest BCUT2D eigenvalue weighted by Crippen LogP contribution is -2.59. The Hall–Kier alpha value is -1.82. The molecule has 0 saturated carbocycles. The van der Waals surface area contributed by atoms with Gasteiger partial charge in [0, 0.05) is 12.8 Å². The van der Waals surface area contributed by atoms with E-state index in [0.717, 1.165) is 38.5 Å². The van der Waals surface area contributed by atoms with E-state index < -0.39 is 49.4 Å². The quantitative estimate of drug-likeness (QED) is 0.0265. The largest absolute Gasteiger partial charge is 0.462 e. The van der Waals surface area contributed by atoms with Crippen molar-refractivity contribution in [2.45, 2.75) is 263 Å². The van der Waals surface area contributed by atoms with Gasteiger partial charge in [0.05, 0.1) is 13.2 Å². The summed E-state index contributed by atoms with van der Waals surface area (Å²) in [6.07, 6.45) is 39.1. The van der Waals surface area contributed by atoms with Gasteiger partial charge in [-0.25, -0.2) is 0 Å². The van der Waals surface area contributed by atoms with E-state index >= 15 is 0 Å². The van der Waals surface area contributed by atoms with E-state index in [4.69, 9.17) is 18.9 Å². The van der Waals surface area contributed by atoms with Crippen LogP contribution in [-0.4, -0.2) is 89.0 Å². The van der Waals surface area contributed by atoms with E-state index in [2.05, 4.69) is 38.2 Å². The molecule has 0 aromatic carbocycles. The summed E-state index contributed by atoms with van der Waals surface area (Å²) in [6.45, 7) is 3.41. The Morgan fingerprint density at radius 3 is 1.43 bits per heavy atom. The van der Waals surface area contributed by atoms with Crippen LogP contribution in [0.2, 0.25) is 0 Å². The maximum atomic E-state index is 12.8. The molecule has 10 nitrogen and oxygen atoms in total. The molecule has 0 aliphatic carbocycles. The van der Waals surface area contributed by atoms with E-state index in [1.165, 1.54) is 154 Å². The summed E-state index contributed by atoms with van der Waals surface area (Å²) < 4.78 is 22.2. The lowest BCUT2D eigenvalue weighted by molar-refractivity contribution is -0.305. The lowest BCUT2D eigenvalue weighted by Gasteiger charge is -2.39. The SMILES string of the molecule is CCCCCCCCCCC/C=C/C/C=C/CCCC(=O)O[C@@H](COC(=O)CCCCCCCCCCCCCCCCCCCC)CO[C@H]1O[C@@H](CO)[C@@H](O)C(O)C1O. The minimum Gasteiger partial charge on any atom is -0.462 e. The predicted octanol–water partition coefficient (Wildman–Crippen LogP) is 11.3. The Morgan fingerprint density at radius 1 is 0.517 bits per heavy atom. The summed E-state index contributed by atoms with van der Waals surface area (Å²) >= 11 is 0. The summed E-state index contributed by atoms with van der Waals surface area (Å²) in [7, 11) is 0. The van der Waals surface area contributed by atoms with Crippen molar-refractivity contribution in [3.8, 4) is 0 Å². The summed E-state index contributed by atoms with van der Waals surface area (Å²) in [5.74, 6) is -0.848. The van der Waals surface area contributed by atoms with Gasteiger partial charge in [0.2, 0.25) is 0 Å². The number of aliphatic hydroxyl groups is 4. The first-order valence-corrected chi connectivity index (χ1v) is 24.9. The molecule has 352 valence electrons. The first kappa shape index (κ1) is 56.2. The Kier molecular flexibility index (Phi) is 38.6. The number of ether oxygens (including phenoxy) is 4. The smallest absolute Gasteiger partial charge is 0.306 e. The second-order valence-electron chi connectivity index (χ2n) is 17.3. The molecule has 1 saturated heterocycles. The topological polar surface area (TPSA) is 152 Å². The molecule has 60 heavy (non-hydrogen) atoms. The third-order valence-electron chi connectivity index (χ3n) is 11.6. The number of rotatable bonds is 42. The molecule has 1 fully saturated rings. The number of carbonyl (C=O) groups excluding carboxylic acids is 2. The number of aliphatic hydroxyl groups excluding tert-OH is 4. The average molecular weight is 853 g/mol. The van der Waals surface area contributed by atoms with Gasteiger partial charge in [-0.05, 0) is 38.5 Å². The average Bonchev–Trinajstić information content (AvgIpc) is 3.25. The molecule has 2 unspecified atom stereocenters. The highest BCUT2D eigenvalue weighted by molar-refractivity contribution is 5.70. The van der Waals surface area contributed by atoms with Gasteiger partial charge < -0.3 is 39.4 Å². The zero-order chi connectivity index (χ0) is 43.7. The number of carbonyl (C=O) groups is 2. The highest BCUT2D eigenvalue weighted by Gasteiger charge is 2.44. The van der Waals surface area contributed by atoms with E-state index in [-0.39, 0.29) is 32.0 Å². The molecule has 1 aliphatic heterocycles. The molecule has 1 heterocycles. The van der Waals surface area contributed by atoms with Gasteiger partial charge in [-0.2, -0.15) is 0 Å². The van der Waals surface area contributed by atoms with Crippen molar-refractivity contribution < 1.29 is 49.0 Å². The predicted molar refractivity (Wildman–Crippen MR) is 243 cm³/mol. The number of hydrogen-bond acceptors (Lipinski definition) is 10. The number of unbranched alkanes of at least 4 members (excludes halogenated alkanes) is 27. The second-order valence-corrected chi connectivity index (χ2v) is 17.3. The minimum atomic E-state index is -1.60. The van der Waals surface area contributed by atoms with Gasteiger partial charge >= 0.3 is 11.9 Å². The van der Waals surface area contributed by atoms with Crippen molar-refractivity contribution in [3.05, 3.63) is 24.3 Å². The van der Waals surface area contributed by atoms with Crippen molar-refractivity contribution in [2.75, 3.05) is 19.8 Å².